The fourth-order valence-corrected chi connectivity index (χ4v) is 3.19. The monoisotopic (exact) mass is 298 g/mol. The van der Waals surface area contributed by atoms with Gasteiger partial charge in [0, 0.05) is 19.6 Å². The Bertz CT molecular complexity index is 588. The van der Waals surface area contributed by atoms with E-state index in [0.717, 1.165) is 31.6 Å². The van der Waals surface area contributed by atoms with Gasteiger partial charge in [0.05, 0.1) is 16.3 Å². The molecule has 1 unspecified atom stereocenters. The van der Waals surface area contributed by atoms with Gasteiger partial charge in [-0.2, -0.15) is 0 Å². The standard InChI is InChI=1S/C13H22N4O2S/c1-16-7-3-4-10(9-16)17(2)13-8-11(20(15,18)19)5-6-12(13)14/h5-6,8,10H,3-4,7,9,14H2,1-2H3,(H2,15,18,19). The molecule has 0 bridgehead atoms. The summed E-state index contributed by atoms with van der Waals surface area (Å²) in [6.45, 7) is 2.03. The number of primary sulfonamides is 1. The first-order valence-electron chi connectivity index (χ1n) is 6.63. The van der Waals surface area contributed by atoms with Crippen molar-refractivity contribution >= 4 is 21.4 Å². The number of rotatable bonds is 3. The van der Waals surface area contributed by atoms with Gasteiger partial charge in [0.2, 0.25) is 10.0 Å². The first kappa shape index (κ1) is 15.1. The quantitative estimate of drug-likeness (QED) is 0.790. The second-order valence-corrected chi connectivity index (χ2v) is 7.00. The van der Waals surface area contributed by atoms with Crippen LogP contribution in [0.4, 0.5) is 11.4 Å². The van der Waals surface area contributed by atoms with E-state index in [-0.39, 0.29) is 4.90 Å². The van der Waals surface area contributed by atoms with Crippen LogP contribution in [0.15, 0.2) is 23.1 Å². The van der Waals surface area contributed by atoms with Crippen LogP contribution in [0.25, 0.3) is 0 Å². The van der Waals surface area contributed by atoms with E-state index in [0.29, 0.717) is 11.7 Å². The summed E-state index contributed by atoms with van der Waals surface area (Å²) < 4.78 is 22.9. The van der Waals surface area contributed by atoms with Crippen molar-refractivity contribution in [1.82, 2.24) is 4.90 Å². The molecule has 20 heavy (non-hydrogen) atoms. The van der Waals surface area contributed by atoms with Crippen molar-refractivity contribution in [2.45, 2.75) is 23.8 Å². The lowest BCUT2D eigenvalue weighted by molar-refractivity contribution is 0.248. The maximum absolute atomic E-state index is 11.5. The molecule has 0 aromatic heterocycles. The van der Waals surface area contributed by atoms with E-state index < -0.39 is 10.0 Å². The number of nitrogen functional groups attached to an aromatic ring is 1. The molecule has 7 heteroatoms. The third-order valence-electron chi connectivity index (χ3n) is 3.86. The molecule has 0 radical (unpaired) electrons. The van der Waals surface area contributed by atoms with Gasteiger partial charge in [0.25, 0.3) is 0 Å². The molecular formula is C13H22N4O2S. The van der Waals surface area contributed by atoms with E-state index in [1.807, 2.05) is 7.05 Å². The molecule has 0 amide bonds. The molecule has 1 aliphatic heterocycles. The van der Waals surface area contributed by atoms with Gasteiger partial charge in [0.1, 0.15) is 0 Å². The summed E-state index contributed by atoms with van der Waals surface area (Å²) in [5.41, 5.74) is 7.27. The average molecular weight is 298 g/mol. The summed E-state index contributed by atoms with van der Waals surface area (Å²) in [4.78, 5) is 4.42. The zero-order chi connectivity index (χ0) is 14.9. The van der Waals surface area contributed by atoms with Crippen molar-refractivity contribution in [3.8, 4) is 0 Å². The number of piperidine rings is 1. The topological polar surface area (TPSA) is 92.7 Å². The number of sulfonamides is 1. The maximum atomic E-state index is 11.5. The van der Waals surface area contributed by atoms with E-state index in [2.05, 4.69) is 16.8 Å². The molecule has 112 valence electrons. The lowest BCUT2D eigenvalue weighted by atomic mass is 10.0. The van der Waals surface area contributed by atoms with Gasteiger partial charge in [-0.3, -0.25) is 0 Å². The van der Waals surface area contributed by atoms with Crippen LogP contribution < -0.4 is 15.8 Å². The second-order valence-electron chi connectivity index (χ2n) is 5.43. The van der Waals surface area contributed by atoms with Crippen molar-refractivity contribution in [3.63, 3.8) is 0 Å². The minimum atomic E-state index is -3.71. The largest absolute Gasteiger partial charge is 0.397 e. The lowest BCUT2D eigenvalue weighted by Gasteiger charge is -2.37. The number of benzene rings is 1. The van der Waals surface area contributed by atoms with Crippen LogP contribution in [0.3, 0.4) is 0 Å². The van der Waals surface area contributed by atoms with E-state index >= 15 is 0 Å². The molecule has 1 aromatic rings. The Hall–Kier alpha value is -1.31. The number of likely N-dealkylation sites (tertiary alicyclic amines) is 1. The number of likely N-dealkylation sites (N-methyl/N-ethyl adjacent to an activating group) is 2. The van der Waals surface area contributed by atoms with E-state index in [1.54, 1.807) is 12.1 Å². The summed E-state index contributed by atoms with van der Waals surface area (Å²) in [5, 5.41) is 5.18. The molecule has 4 N–H and O–H groups in total. The summed E-state index contributed by atoms with van der Waals surface area (Å²) in [7, 11) is 0.325. The molecule has 0 aliphatic carbocycles. The van der Waals surface area contributed by atoms with Crippen molar-refractivity contribution < 1.29 is 8.42 Å². The Morgan fingerprint density at radius 1 is 1.40 bits per heavy atom. The molecule has 0 saturated carbocycles. The van der Waals surface area contributed by atoms with Crippen molar-refractivity contribution in [1.29, 1.82) is 0 Å². The number of anilines is 2. The van der Waals surface area contributed by atoms with Crippen LogP contribution in [0.5, 0.6) is 0 Å². The Morgan fingerprint density at radius 3 is 2.70 bits per heavy atom. The van der Waals surface area contributed by atoms with E-state index in [9.17, 15) is 8.42 Å². The fourth-order valence-electron chi connectivity index (χ4n) is 2.66. The molecule has 1 fully saturated rings. The summed E-state index contributed by atoms with van der Waals surface area (Å²) >= 11 is 0. The van der Waals surface area contributed by atoms with Crippen molar-refractivity contribution in [2.75, 3.05) is 37.8 Å². The Kier molecular flexibility index (Phi) is 4.22. The van der Waals surface area contributed by atoms with Crippen LogP contribution in [0.1, 0.15) is 12.8 Å². The van der Waals surface area contributed by atoms with Crippen LogP contribution in [0, 0.1) is 0 Å². The highest BCUT2D eigenvalue weighted by atomic mass is 32.2. The number of hydrogen-bond acceptors (Lipinski definition) is 5. The number of nitrogens with two attached hydrogens (primary N) is 2. The van der Waals surface area contributed by atoms with Gasteiger partial charge in [-0.1, -0.05) is 0 Å². The normalized spacial score (nSPS) is 20.9. The van der Waals surface area contributed by atoms with Crippen LogP contribution in [-0.2, 0) is 10.0 Å². The average Bonchev–Trinajstić information content (AvgIpc) is 2.37. The van der Waals surface area contributed by atoms with Crippen LogP contribution >= 0.6 is 0 Å². The van der Waals surface area contributed by atoms with Gasteiger partial charge >= 0.3 is 0 Å². The smallest absolute Gasteiger partial charge is 0.238 e. The Labute approximate surface area is 120 Å². The van der Waals surface area contributed by atoms with E-state index in [4.69, 9.17) is 10.9 Å². The molecule has 0 spiro atoms. The predicted octanol–water partition coefficient (Wildman–Crippen LogP) is 0.447. The molecule has 1 aromatic carbocycles. The van der Waals surface area contributed by atoms with Crippen LogP contribution in [-0.4, -0.2) is 46.5 Å². The number of hydrogen-bond donors (Lipinski definition) is 2. The van der Waals surface area contributed by atoms with Gasteiger partial charge in [-0.25, -0.2) is 13.6 Å². The van der Waals surface area contributed by atoms with E-state index in [1.165, 1.54) is 6.07 Å². The van der Waals surface area contributed by atoms with Gasteiger partial charge in [-0.15, -0.1) is 0 Å². The van der Waals surface area contributed by atoms with Crippen molar-refractivity contribution in [2.24, 2.45) is 5.14 Å². The third-order valence-corrected chi connectivity index (χ3v) is 4.77. The molecule has 2 rings (SSSR count). The number of nitrogens with zero attached hydrogens (tertiary/aromatic N) is 2. The molecule has 1 aliphatic rings. The first-order valence-corrected chi connectivity index (χ1v) is 8.17. The Morgan fingerprint density at radius 2 is 2.10 bits per heavy atom. The highest BCUT2D eigenvalue weighted by molar-refractivity contribution is 7.89. The van der Waals surface area contributed by atoms with Crippen LogP contribution in [0.2, 0.25) is 0 Å². The maximum Gasteiger partial charge on any atom is 0.238 e. The minimum Gasteiger partial charge on any atom is -0.397 e. The lowest BCUT2D eigenvalue weighted by Crippen LogP contribution is -2.45. The fraction of sp³-hybridized carbons (Fsp3) is 0.538. The highest BCUT2D eigenvalue weighted by Gasteiger charge is 2.23. The van der Waals surface area contributed by atoms with Gasteiger partial charge in [0.15, 0.2) is 0 Å². The third kappa shape index (κ3) is 3.23. The van der Waals surface area contributed by atoms with Crippen molar-refractivity contribution in [3.05, 3.63) is 18.2 Å². The minimum absolute atomic E-state index is 0.0951. The molecular weight excluding hydrogens is 276 g/mol. The van der Waals surface area contributed by atoms with Gasteiger partial charge < -0.3 is 15.5 Å². The zero-order valence-electron chi connectivity index (χ0n) is 11.9. The second kappa shape index (κ2) is 5.59. The molecule has 1 heterocycles. The predicted molar refractivity (Wildman–Crippen MR) is 81.1 cm³/mol. The summed E-state index contributed by atoms with van der Waals surface area (Å²) in [5.74, 6) is 0. The zero-order valence-corrected chi connectivity index (χ0v) is 12.7. The molecule has 1 saturated heterocycles. The molecule has 6 nitrogen and oxygen atoms in total. The summed E-state index contributed by atoms with van der Waals surface area (Å²) in [6.07, 6.45) is 2.19. The van der Waals surface area contributed by atoms with Gasteiger partial charge in [-0.05, 0) is 44.6 Å². The molecule has 1 atom stereocenters. The first-order chi connectivity index (χ1) is 9.29. The Balaban J connectivity index is 2.31. The highest BCUT2D eigenvalue weighted by Crippen LogP contribution is 2.29. The summed E-state index contributed by atoms with van der Waals surface area (Å²) in [6, 6.07) is 4.92. The SMILES string of the molecule is CN1CCCC(N(C)c2cc(S(N)(=O)=O)ccc2N)C1.